The molecule has 3 rings (SSSR count). The standard InChI is InChI=1S/C14H10FN5O2/c15-9-1-3-10(4-2-9)18-12(21)7-13-19-20-14(22-13)11-8-16-5-6-17-11/h1-6,8H,7H2,(H,18,21). The molecule has 0 fully saturated rings. The molecule has 1 aromatic carbocycles. The highest BCUT2D eigenvalue weighted by atomic mass is 19.1. The molecule has 1 amide bonds. The Morgan fingerprint density at radius 1 is 1.18 bits per heavy atom. The summed E-state index contributed by atoms with van der Waals surface area (Å²) >= 11 is 0. The SMILES string of the molecule is O=C(Cc1nnc(-c2cnccn2)o1)Nc1ccc(F)cc1. The first kappa shape index (κ1) is 13.8. The van der Waals surface area contributed by atoms with Gasteiger partial charge in [-0.15, -0.1) is 10.2 Å². The number of rotatable bonds is 4. The number of carbonyl (C=O) groups is 1. The van der Waals surface area contributed by atoms with E-state index in [1.54, 1.807) is 0 Å². The second-order valence-electron chi connectivity index (χ2n) is 4.32. The summed E-state index contributed by atoms with van der Waals surface area (Å²) in [6.45, 7) is 0. The van der Waals surface area contributed by atoms with Crippen LogP contribution in [0.1, 0.15) is 5.89 Å². The molecular weight excluding hydrogens is 289 g/mol. The quantitative estimate of drug-likeness (QED) is 0.790. The van der Waals surface area contributed by atoms with Gasteiger partial charge in [0.1, 0.15) is 17.9 Å². The minimum atomic E-state index is -0.372. The molecule has 0 spiro atoms. The Morgan fingerprint density at radius 3 is 2.73 bits per heavy atom. The maximum Gasteiger partial charge on any atom is 0.267 e. The van der Waals surface area contributed by atoms with E-state index < -0.39 is 0 Å². The molecule has 0 aliphatic rings. The lowest BCUT2D eigenvalue weighted by Crippen LogP contribution is -2.14. The van der Waals surface area contributed by atoms with E-state index in [0.717, 1.165) is 0 Å². The van der Waals surface area contributed by atoms with E-state index >= 15 is 0 Å². The van der Waals surface area contributed by atoms with Gasteiger partial charge in [0, 0.05) is 18.1 Å². The zero-order valence-electron chi connectivity index (χ0n) is 11.2. The van der Waals surface area contributed by atoms with Crippen molar-refractivity contribution in [2.24, 2.45) is 0 Å². The first-order valence-electron chi connectivity index (χ1n) is 6.35. The van der Waals surface area contributed by atoms with Crippen LogP contribution >= 0.6 is 0 Å². The Balaban J connectivity index is 1.65. The Kier molecular flexibility index (Phi) is 3.82. The molecule has 22 heavy (non-hydrogen) atoms. The summed E-state index contributed by atoms with van der Waals surface area (Å²) in [6.07, 6.45) is 4.41. The molecule has 0 radical (unpaired) electrons. The van der Waals surface area contributed by atoms with Gasteiger partial charge in [0.15, 0.2) is 0 Å². The molecule has 110 valence electrons. The maximum atomic E-state index is 12.8. The molecule has 0 aliphatic carbocycles. The van der Waals surface area contributed by atoms with E-state index in [9.17, 15) is 9.18 Å². The van der Waals surface area contributed by atoms with Crippen LogP contribution in [0.25, 0.3) is 11.6 Å². The molecule has 8 heteroatoms. The summed E-state index contributed by atoms with van der Waals surface area (Å²) < 4.78 is 18.1. The van der Waals surface area contributed by atoms with Crippen molar-refractivity contribution in [2.75, 3.05) is 5.32 Å². The summed E-state index contributed by atoms with van der Waals surface area (Å²) in [4.78, 5) is 19.8. The lowest BCUT2D eigenvalue weighted by Gasteiger charge is -2.02. The van der Waals surface area contributed by atoms with Gasteiger partial charge < -0.3 is 9.73 Å². The Labute approximate surface area is 124 Å². The number of amides is 1. The van der Waals surface area contributed by atoms with E-state index in [1.165, 1.54) is 42.9 Å². The molecule has 2 heterocycles. The normalized spacial score (nSPS) is 10.4. The number of aromatic nitrogens is 4. The van der Waals surface area contributed by atoms with Crippen LogP contribution in [0.5, 0.6) is 0 Å². The van der Waals surface area contributed by atoms with Gasteiger partial charge in [0.2, 0.25) is 11.8 Å². The number of benzene rings is 1. The second kappa shape index (κ2) is 6.08. The van der Waals surface area contributed by atoms with Crippen molar-refractivity contribution in [3.8, 4) is 11.6 Å². The zero-order valence-corrected chi connectivity index (χ0v) is 11.2. The van der Waals surface area contributed by atoms with Crippen LogP contribution in [0, 0.1) is 5.82 Å². The highest BCUT2D eigenvalue weighted by Gasteiger charge is 2.13. The molecule has 0 aliphatic heterocycles. The third-order valence-electron chi connectivity index (χ3n) is 2.69. The Morgan fingerprint density at radius 2 is 2.00 bits per heavy atom. The Hall–Kier alpha value is -3.16. The van der Waals surface area contributed by atoms with Gasteiger partial charge in [-0.05, 0) is 24.3 Å². The molecule has 0 atom stereocenters. The summed E-state index contributed by atoms with van der Waals surface area (Å²) in [6, 6.07) is 5.45. The number of hydrogen-bond acceptors (Lipinski definition) is 6. The number of hydrogen-bond donors (Lipinski definition) is 1. The van der Waals surface area contributed by atoms with Gasteiger partial charge in [-0.2, -0.15) is 0 Å². The number of halogens is 1. The van der Waals surface area contributed by atoms with Gasteiger partial charge in [0.25, 0.3) is 5.89 Å². The highest BCUT2D eigenvalue weighted by molar-refractivity contribution is 5.91. The lowest BCUT2D eigenvalue weighted by atomic mass is 10.3. The third-order valence-corrected chi connectivity index (χ3v) is 2.69. The van der Waals surface area contributed by atoms with E-state index in [2.05, 4.69) is 25.5 Å². The summed E-state index contributed by atoms with van der Waals surface area (Å²) in [5.74, 6) is -0.373. The van der Waals surface area contributed by atoms with Crippen molar-refractivity contribution in [1.29, 1.82) is 0 Å². The molecule has 0 saturated heterocycles. The fourth-order valence-corrected chi connectivity index (χ4v) is 1.71. The van der Waals surface area contributed by atoms with Crippen molar-refractivity contribution in [3.05, 3.63) is 54.6 Å². The fourth-order valence-electron chi connectivity index (χ4n) is 1.71. The zero-order chi connectivity index (χ0) is 15.4. The monoisotopic (exact) mass is 299 g/mol. The average Bonchev–Trinajstić information content (AvgIpc) is 2.99. The molecule has 1 N–H and O–H groups in total. The highest BCUT2D eigenvalue weighted by Crippen LogP contribution is 2.14. The number of nitrogens with one attached hydrogen (secondary N) is 1. The Bertz CT molecular complexity index is 773. The van der Waals surface area contributed by atoms with Gasteiger partial charge in [0.05, 0.1) is 6.20 Å². The maximum absolute atomic E-state index is 12.8. The van der Waals surface area contributed by atoms with Gasteiger partial charge in [-0.1, -0.05) is 0 Å². The van der Waals surface area contributed by atoms with Crippen LogP contribution in [0.2, 0.25) is 0 Å². The van der Waals surface area contributed by atoms with Gasteiger partial charge in [-0.25, -0.2) is 9.37 Å². The van der Waals surface area contributed by atoms with Crippen molar-refractivity contribution >= 4 is 11.6 Å². The third kappa shape index (κ3) is 3.29. The summed E-state index contributed by atoms with van der Waals surface area (Å²) in [7, 11) is 0. The molecule has 0 unspecified atom stereocenters. The minimum absolute atomic E-state index is 0.0926. The minimum Gasteiger partial charge on any atom is -0.419 e. The topological polar surface area (TPSA) is 93.8 Å². The van der Waals surface area contributed by atoms with Crippen LogP contribution in [0.15, 0.2) is 47.3 Å². The second-order valence-corrected chi connectivity index (χ2v) is 4.32. The largest absolute Gasteiger partial charge is 0.419 e. The predicted octanol–water partition coefficient (Wildman–Crippen LogP) is 1.85. The molecule has 7 nitrogen and oxygen atoms in total. The fraction of sp³-hybridized carbons (Fsp3) is 0.0714. The van der Waals surface area contributed by atoms with Crippen molar-refractivity contribution in [2.45, 2.75) is 6.42 Å². The molecule has 3 aromatic rings. The van der Waals surface area contributed by atoms with E-state index in [0.29, 0.717) is 11.4 Å². The molecule has 0 saturated carbocycles. The molecule has 0 bridgehead atoms. The number of anilines is 1. The van der Waals surface area contributed by atoms with Crippen LogP contribution in [0.3, 0.4) is 0 Å². The van der Waals surface area contributed by atoms with Crippen LogP contribution in [-0.2, 0) is 11.2 Å². The van der Waals surface area contributed by atoms with Crippen LogP contribution < -0.4 is 5.32 Å². The van der Waals surface area contributed by atoms with E-state index in [-0.39, 0.29) is 29.9 Å². The average molecular weight is 299 g/mol. The smallest absolute Gasteiger partial charge is 0.267 e. The number of nitrogens with zero attached hydrogens (tertiary/aromatic N) is 4. The summed E-state index contributed by atoms with van der Waals surface area (Å²) in [5.41, 5.74) is 0.917. The first-order valence-corrected chi connectivity index (χ1v) is 6.35. The van der Waals surface area contributed by atoms with Crippen LogP contribution in [-0.4, -0.2) is 26.1 Å². The molecule has 2 aromatic heterocycles. The van der Waals surface area contributed by atoms with Crippen molar-refractivity contribution < 1.29 is 13.6 Å². The first-order chi connectivity index (χ1) is 10.7. The summed E-state index contributed by atoms with van der Waals surface area (Å²) in [5, 5.41) is 10.2. The van der Waals surface area contributed by atoms with Crippen molar-refractivity contribution in [1.82, 2.24) is 20.2 Å². The van der Waals surface area contributed by atoms with E-state index in [4.69, 9.17) is 4.42 Å². The van der Waals surface area contributed by atoms with E-state index in [1.807, 2.05) is 0 Å². The lowest BCUT2D eigenvalue weighted by molar-refractivity contribution is -0.115. The molecular formula is C14H10FN5O2. The number of carbonyl (C=O) groups excluding carboxylic acids is 1. The van der Waals surface area contributed by atoms with Crippen molar-refractivity contribution in [3.63, 3.8) is 0 Å². The predicted molar refractivity (Wildman–Crippen MR) is 74.1 cm³/mol. The van der Waals surface area contributed by atoms with Crippen LogP contribution in [0.4, 0.5) is 10.1 Å². The van der Waals surface area contributed by atoms with Gasteiger partial charge >= 0.3 is 0 Å². The van der Waals surface area contributed by atoms with Gasteiger partial charge in [-0.3, -0.25) is 9.78 Å².